The molecule has 0 saturated carbocycles. The summed E-state index contributed by atoms with van der Waals surface area (Å²) in [5.41, 5.74) is 2.31. The van der Waals surface area contributed by atoms with Gasteiger partial charge in [-0.25, -0.2) is 0 Å². The van der Waals surface area contributed by atoms with Crippen molar-refractivity contribution in [3.8, 4) is 0 Å². The zero-order chi connectivity index (χ0) is 9.14. The molecule has 0 heterocycles. The van der Waals surface area contributed by atoms with Gasteiger partial charge in [0.1, 0.15) is 5.69 Å². The maximum Gasteiger partial charge on any atom is 0.295 e. The van der Waals surface area contributed by atoms with Crippen molar-refractivity contribution in [1.82, 2.24) is 0 Å². The van der Waals surface area contributed by atoms with Crippen LogP contribution in [0, 0.1) is 10.1 Å². The number of nitrogen functional groups attached to an aromatic ring is 1. The Morgan fingerprint density at radius 3 is 2.62 bits per heavy atom. The third kappa shape index (κ3) is 2.73. The second-order valence-electron chi connectivity index (χ2n) is 2.06. The van der Waals surface area contributed by atoms with Gasteiger partial charge in [-0.05, 0) is 12.1 Å². The van der Waals surface area contributed by atoms with Gasteiger partial charge >= 0.3 is 0 Å². The van der Waals surface area contributed by atoms with Crippen molar-refractivity contribution < 1.29 is 4.92 Å². The molecule has 0 spiro atoms. The van der Waals surface area contributed by atoms with Crippen LogP contribution in [0.2, 0.25) is 5.02 Å². The van der Waals surface area contributed by atoms with E-state index < -0.39 is 4.92 Å². The fraction of sp³-hybridized carbons (Fsp3) is 0. The number of hydrogen-bond donors (Lipinski definition) is 2. The predicted molar refractivity (Wildman–Crippen MR) is 53.2 cm³/mol. The van der Waals surface area contributed by atoms with E-state index in [0.717, 1.165) is 0 Å². The summed E-state index contributed by atoms with van der Waals surface area (Å²) in [6.07, 6.45) is 0. The lowest BCUT2D eigenvalue weighted by Crippen LogP contribution is -2.08. The zero-order valence-corrected chi connectivity index (χ0v) is 7.93. The molecule has 1 rings (SSSR count). The topological polar surface area (TPSA) is 81.2 Å². The van der Waals surface area contributed by atoms with Crippen molar-refractivity contribution in [2.45, 2.75) is 0 Å². The SMILES string of the molecule is Cl.NNc1ccc(Cl)cc1[N+](=O)[O-]. The molecule has 5 nitrogen and oxygen atoms in total. The monoisotopic (exact) mass is 223 g/mol. The first-order valence-corrected chi connectivity index (χ1v) is 3.43. The van der Waals surface area contributed by atoms with Crippen LogP contribution >= 0.6 is 24.0 Å². The highest BCUT2D eigenvalue weighted by molar-refractivity contribution is 6.30. The van der Waals surface area contributed by atoms with Crippen LogP contribution in [0.15, 0.2) is 18.2 Å². The Kier molecular flexibility index (Phi) is 4.47. The Morgan fingerprint density at radius 2 is 2.15 bits per heavy atom. The third-order valence-electron chi connectivity index (χ3n) is 1.31. The van der Waals surface area contributed by atoms with Crippen molar-refractivity contribution >= 4 is 35.4 Å². The molecule has 0 amide bonds. The Balaban J connectivity index is 0.00000144. The van der Waals surface area contributed by atoms with E-state index >= 15 is 0 Å². The van der Waals surface area contributed by atoms with Gasteiger partial charge in [-0.1, -0.05) is 11.6 Å². The van der Waals surface area contributed by atoms with Crippen LogP contribution in [0.3, 0.4) is 0 Å². The summed E-state index contributed by atoms with van der Waals surface area (Å²) in [6, 6.07) is 4.20. The lowest BCUT2D eigenvalue weighted by atomic mass is 10.3. The number of anilines is 1. The highest BCUT2D eigenvalue weighted by Crippen LogP contribution is 2.26. The largest absolute Gasteiger partial charge is 0.318 e. The molecule has 0 fully saturated rings. The maximum atomic E-state index is 10.4. The Hall–Kier alpha value is -1.04. The zero-order valence-electron chi connectivity index (χ0n) is 6.36. The number of rotatable bonds is 2. The van der Waals surface area contributed by atoms with E-state index in [9.17, 15) is 10.1 Å². The second-order valence-corrected chi connectivity index (χ2v) is 2.50. The average molecular weight is 224 g/mol. The van der Waals surface area contributed by atoms with Crippen molar-refractivity contribution in [3.63, 3.8) is 0 Å². The number of nitrogens with two attached hydrogens (primary N) is 1. The molecule has 13 heavy (non-hydrogen) atoms. The first-order valence-electron chi connectivity index (χ1n) is 3.05. The van der Waals surface area contributed by atoms with E-state index in [4.69, 9.17) is 17.4 Å². The molecule has 0 aromatic heterocycles. The van der Waals surface area contributed by atoms with Gasteiger partial charge in [-0.3, -0.25) is 16.0 Å². The number of nitro groups is 1. The van der Waals surface area contributed by atoms with Gasteiger partial charge in [-0.15, -0.1) is 12.4 Å². The number of nitrogens with one attached hydrogen (secondary N) is 1. The minimum atomic E-state index is -0.554. The molecule has 0 aliphatic carbocycles. The van der Waals surface area contributed by atoms with E-state index in [1.165, 1.54) is 18.2 Å². The number of halogens is 2. The van der Waals surface area contributed by atoms with Gasteiger partial charge < -0.3 is 5.43 Å². The van der Waals surface area contributed by atoms with Crippen LogP contribution in [0.25, 0.3) is 0 Å². The minimum absolute atomic E-state index is 0. The average Bonchev–Trinajstić information content (AvgIpc) is 2.04. The van der Waals surface area contributed by atoms with Crippen LogP contribution < -0.4 is 11.3 Å². The van der Waals surface area contributed by atoms with Crippen LogP contribution in [0.4, 0.5) is 11.4 Å². The number of benzene rings is 1. The summed E-state index contributed by atoms with van der Waals surface area (Å²) in [6.45, 7) is 0. The third-order valence-corrected chi connectivity index (χ3v) is 1.55. The summed E-state index contributed by atoms with van der Waals surface area (Å²) in [5.74, 6) is 5.04. The molecule has 72 valence electrons. The Labute approximate surface area is 85.4 Å². The van der Waals surface area contributed by atoms with Crippen LogP contribution in [0.5, 0.6) is 0 Å². The van der Waals surface area contributed by atoms with E-state index in [2.05, 4.69) is 5.43 Å². The summed E-state index contributed by atoms with van der Waals surface area (Å²) in [5, 5.41) is 10.7. The summed E-state index contributed by atoms with van der Waals surface area (Å²) in [4.78, 5) is 9.83. The maximum absolute atomic E-state index is 10.4. The highest BCUT2D eigenvalue weighted by atomic mass is 35.5. The molecule has 0 radical (unpaired) electrons. The molecule has 0 unspecified atom stereocenters. The fourth-order valence-corrected chi connectivity index (χ4v) is 0.944. The molecular formula is C6H7Cl2N3O2. The number of nitrogens with zero attached hydrogens (tertiary/aromatic N) is 1. The summed E-state index contributed by atoms with van der Waals surface area (Å²) < 4.78 is 0. The molecule has 1 aromatic carbocycles. The van der Waals surface area contributed by atoms with Gasteiger partial charge in [0.2, 0.25) is 0 Å². The Bertz CT molecular complexity index is 319. The van der Waals surface area contributed by atoms with E-state index in [0.29, 0.717) is 5.02 Å². The summed E-state index contributed by atoms with van der Waals surface area (Å²) in [7, 11) is 0. The number of nitro benzene ring substituents is 1. The molecule has 1 aromatic rings. The normalized spacial score (nSPS) is 8.77. The van der Waals surface area contributed by atoms with E-state index in [-0.39, 0.29) is 23.8 Å². The van der Waals surface area contributed by atoms with Gasteiger partial charge in [0, 0.05) is 11.1 Å². The second kappa shape index (κ2) is 4.86. The van der Waals surface area contributed by atoms with Gasteiger partial charge in [0.05, 0.1) is 4.92 Å². The van der Waals surface area contributed by atoms with Crippen LogP contribution in [0.1, 0.15) is 0 Å². The lowest BCUT2D eigenvalue weighted by molar-refractivity contribution is -0.383. The van der Waals surface area contributed by atoms with Crippen molar-refractivity contribution in [2.24, 2.45) is 5.84 Å². The van der Waals surface area contributed by atoms with E-state index in [1.807, 2.05) is 0 Å². The van der Waals surface area contributed by atoms with Crippen molar-refractivity contribution in [1.29, 1.82) is 0 Å². The number of hydrazine groups is 1. The highest BCUT2D eigenvalue weighted by Gasteiger charge is 2.12. The molecule has 0 aliphatic rings. The molecule has 0 atom stereocenters. The molecule has 0 saturated heterocycles. The first kappa shape index (κ1) is 12.0. The van der Waals surface area contributed by atoms with Crippen LogP contribution in [-0.2, 0) is 0 Å². The molecule has 0 aliphatic heterocycles. The van der Waals surface area contributed by atoms with Gasteiger partial charge in [-0.2, -0.15) is 0 Å². The van der Waals surface area contributed by atoms with E-state index in [1.54, 1.807) is 0 Å². The smallest absolute Gasteiger partial charge is 0.295 e. The Morgan fingerprint density at radius 1 is 1.54 bits per heavy atom. The summed E-state index contributed by atoms with van der Waals surface area (Å²) >= 11 is 5.54. The lowest BCUT2D eigenvalue weighted by Gasteiger charge is -2.00. The molecular weight excluding hydrogens is 217 g/mol. The minimum Gasteiger partial charge on any atom is -0.318 e. The van der Waals surface area contributed by atoms with Gasteiger partial charge in [0.15, 0.2) is 0 Å². The van der Waals surface area contributed by atoms with Crippen molar-refractivity contribution in [3.05, 3.63) is 33.3 Å². The molecule has 0 bridgehead atoms. The molecule has 3 N–H and O–H groups in total. The van der Waals surface area contributed by atoms with Crippen LogP contribution in [-0.4, -0.2) is 4.92 Å². The fourth-order valence-electron chi connectivity index (χ4n) is 0.778. The molecule has 7 heteroatoms. The van der Waals surface area contributed by atoms with Gasteiger partial charge in [0.25, 0.3) is 5.69 Å². The quantitative estimate of drug-likeness (QED) is 0.457. The standard InChI is InChI=1S/C6H6ClN3O2.ClH/c7-4-1-2-5(9-8)6(3-4)10(11)12;/h1-3,9H,8H2;1H. The predicted octanol–water partition coefficient (Wildman–Crippen LogP) is 1.96. The first-order chi connectivity index (χ1) is 5.65. The van der Waals surface area contributed by atoms with Crippen molar-refractivity contribution in [2.75, 3.05) is 5.43 Å². The number of hydrogen-bond acceptors (Lipinski definition) is 4.